The molecule has 4 N–H and O–H groups in total. The van der Waals surface area contributed by atoms with Gasteiger partial charge in [0.05, 0.1) is 13.2 Å². The quantitative estimate of drug-likeness (QED) is 0.0485. The molecule has 2 amide bonds. The lowest BCUT2D eigenvalue weighted by Gasteiger charge is -2.32. The second kappa shape index (κ2) is 17.6. The van der Waals surface area contributed by atoms with E-state index in [1.807, 2.05) is 47.4 Å². The molecule has 0 radical (unpaired) electrons. The zero-order valence-electron chi connectivity index (χ0n) is 25.0. The van der Waals surface area contributed by atoms with Crippen LogP contribution in [0.2, 0.25) is 0 Å². The van der Waals surface area contributed by atoms with Crippen molar-refractivity contribution in [2.75, 3.05) is 13.2 Å². The number of nitrogens with zero attached hydrogens (tertiary/aromatic N) is 4. The van der Waals surface area contributed by atoms with Gasteiger partial charge in [0.15, 0.2) is 5.84 Å². The molecule has 0 saturated carbocycles. The number of rotatable bonds is 17. The summed E-state index contributed by atoms with van der Waals surface area (Å²) >= 11 is 0. The van der Waals surface area contributed by atoms with Crippen molar-refractivity contribution < 1.29 is 24.3 Å². The molecule has 0 heterocycles. The van der Waals surface area contributed by atoms with E-state index in [0.29, 0.717) is 48.8 Å². The van der Waals surface area contributed by atoms with Crippen molar-refractivity contribution in [3.05, 3.63) is 69.8 Å². The molecule has 0 aliphatic rings. The fourth-order valence-electron chi connectivity index (χ4n) is 4.19. The highest BCUT2D eigenvalue weighted by molar-refractivity contribution is 6.03. The predicted molar refractivity (Wildman–Crippen MR) is 161 cm³/mol. The Morgan fingerprint density at radius 1 is 1.00 bits per heavy atom. The average Bonchev–Trinajstić information content (AvgIpc) is 2.97. The van der Waals surface area contributed by atoms with E-state index in [2.05, 4.69) is 37.6 Å². The first-order valence-corrected chi connectivity index (χ1v) is 14.4. The predicted octanol–water partition coefficient (Wildman–Crippen LogP) is 5.23. The normalized spacial score (nSPS) is 12.1. The van der Waals surface area contributed by atoms with Crippen LogP contribution < -0.4 is 11.6 Å². The van der Waals surface area contributed by atoms with E-state index >= 15 is 0 Å². The van der Waals surface area contributed by atoms with E-state index in [1.54, 1.807) is 6.07 Å². The second-order valence-corrected chi connectivity index (χ2v) is 10.4. The van der Waals surface area contributed by atoms with E-state index < -0.39 is 11.2 Å². The first kappa shape index (κ1) is 34.0. The summed E-state index contributed by atoms with van der Waals surface area (Å²) in [5.41, 5.74) is 9.55. The Hall–Kier alpha value is -4.19. The molecule has 0 aliphatic heterocycles. The lowest BCUT2D eigenvalue weighted by Crippen LogP contribution is -2.40. The van der Waals surface area contributed by atoms with Crippen LogP contribution in [0.15, 0.2) is 53.6 Å². The first-order valence-electron chi connectivity index (χ1n) is 14.4. The van der Waals surface area contributed by atoms with Crippen molar-refractivity contribution >= 4 is 17.8 Å². The molecule has 42 heavy (non-hydrogen) atoms. The third-order valence-electron chi connectivity index (χ3n) is 6.96. The number of amidine groups is 1. The maximum Gasteiger partial charge on any atom is 0.445 e. The van der Waals surface area contributed by atoms with Crippen LogP contribution in [0.1, 0.15) is 77.3 Å². The molecule has 2 aromatic carbocycles. The summed E-state index contributed by atoms with van der Waals surface area (Å²) in [6.45, 7) is 9.02. The van der Waals surface area contributed by atoms with Gasteiger partial charge in [0, 0.05) is 24.6 Å². The highest BCUT2D eigenvalue weighted by Crippen LogP contribution is 2.25. The van der Waals surface area contributed by atoms with Crippen molar-refractivity contribution in [3.8, 4) is 11.1 Å². The molecule has 0 fully saturated rings. The minimum absolute atomic E-state index is 0.0125. The molecule has 12 nitrogen and oxygen atoms in total. The van der Waals surface area contributed by atoms with E-state index in [-0.39, 0.29) is 31.0 Å². The Balaban J connectivity index is 2.08. The van der Waals surface area contributed by atoms with Crippen LogP contribution in [-0.2, 0) is 20.9 Å². The van der Waals surface area contributed by atoms with Gasteiger partial charge in [-0.15, -0.1) is 20.3 Å². The number of hydrogen-bond acceptors (Lipinski definition) is 8. The van der Waals surface area contributed by atoms with Gasteiger partial charge in [-0.05, 0) is 55.2 Å². The van der Waals surface area contributed by atoms with Crippen molar-refractivity contribution in [2.24, 2.45) is 22.6 Å². The molecule has 2 rings (SSSR count). The zero-order chi connectivity index (χ0) is 31.1. The maximum atomic E-state index is 13.0. The molecule has 0 spiro atoms. The molecule has 0 aromatic heterocycles. The summed E-state index contributed by atoms with van der Waals surface area (Å²) in [6, 6.07) is 15.4. The van der Waals surface area contributed by atoms with Gasteiger partial charge in [-0.2, -0.15) is 0 Å². The Bertz CT molecular complexity index is 1190. The van der Waals surface area contributed by atoms with Crippen LogP contribution in [-0.4, -0.2) is 52.2 Å². The second-order valence-electron chi connectivity index (χ2n) is 10.4. The average molecular weight is 585 g/mol. The Labute approximate surface area is 247 Å². The smallest absolute Gasteiger partial charge is 0.445 e. The molecule has 2 aromatic rings. The number of hydrazine groups is 1. The Morgan fingerprint density at radius 2 is 1.67 bits per heavy atom. The standard InChI is InChI=1S/C30H44N6O6/c1-5-6-14-28(37)34(23(4)22(2)3)21-24-15-17-25(18-16-24)26-12-8-9-13-27(26)29(31)33-35(32)30(38)41-19-10-7-11-20-42-36(39)40/h8-9,12-13,15-18,22-23H,5-7,10-11,14,19-21,32H2,1-4H3,(H2,31,33). The van der Waals surface area contributed by atoms with Crippen molar-refractivity contribution in [1.29, 1.82) is 0 Å². The fraction of sp³-hybridized carbons (Fsp3) is 0.500. The number of nitrogens with two attached hydrogens (primary N) is 2. The molecule has 12 heteroatoms. The maximum absolute atomic E-state index is 13.0. The van der Waals surface area contributed by atoms with Crippen LogP contribution >= 0.6 is 0 Å². The summed E-state index contributed by atoms with van der Waals surface area (Å²) in [5, 5.41) is 13.9. The van der Waals surface area contributed by atoms with Gasteiger partial charge in [0.2, 0.25) is 5.91 Å². The van der Waals surface area contributed by atoms with Crippen LogP contribution in [0, 0.1) is 16.0 Å². The van der Waals surface area contributed by atoms with Crippen LogP contribution in [0.5, 0.6) is 0 Å². The highest BCUT2D eigenvalue weighted by Gasteiger charge is 2.22. The minimum Gasteiger partial charge on any atom is -0.447 e. The van der Waals surface area contributed by atoms with Gasteiger partial charge >= 0.3 is 6.09 Å². The molecule has 230 valence electrons. The molecule has 0 aliphatic carbocycles. The van der Waals surface area contributed by atoms with Gasteiger partial charge in [-0.3, -0.25) is 4.79 Å². The SMILES string of the molecule is CCCCC(=O)N(Cc1ccc(-c2ccccc2/C(N)=N/N(N)C(=O)OCCCCCO[N+](=O)[O-])cc1)C(C)C(C)C. The number of unbranched alkanes of at least 4 members (excludes halogenated alkanes) is 3. The summed E-state index contributed by atoms with van der Waals surface area (Å²) in [4.78, 5) is 41.5. The van der Waals surface area contributed by atoms with E-state index in [0.717, 1.165) is 29.5 Å². The van der Waals surface area contributed by atoms with Gasteiger partial charge in [0.25, 0.3) is 5.09 Å². The summed E-state index contributed by atoms with van der Waals surface area (Å²) < 4.78 is 5.09. The number of hydrogen-bond donors (Lipinski definition) is 2. The summed E-state index contributed by atoms with van der Waals surface area (Å²) in [6.07, 6.45) is 3.04. The lowest BCUT2D eigenvalue weighted by atomic mass is 9.97. The zero-order valence-corrected chi connectivity index (χ0v) is 25.0. The van der Waals surface area contributed by atoms with Crippen molar-refractivity contribution in [2.45, 2.75) is 78.8 Å². The summed E-state index contributed by atoms with van der Waals surface area (Å²) in [5.74, 6) is 6.31. The molecule has 1 unspecified atom stereocenters. The Morgan fingerprint density at radius 3 is 2.31 bits per heavy atom. The van der Waals surface area contributed by atoms with Crippen LogP contribution in [0.25, 0.3) is 11.1 Å². The molecular formula is C30H44N6O6. The van der Waals surface area contributed by atoms with Gasteiger partial charge in [-0.25, -0.2) is 10.6 Å². The van der Waals surface area contributed by atoms with Gasteiger partial charge in [0.1, 0.15) is 0 Å². The summed E-state index contributed by atoms with van der Waals surface area (Å²) in [7, 11) is 0. The number of ether oxygens (including phenoxy) is 1. The van der Waals surface area contributed by atoms with Crippen molar-refractivity contribution in [3.63, 3.8) is 0 Å². The third-order valence-corrected chi connectivity index (χ3v) is 6.96. The fourth-order valence-corrected chi connectivity index (χ4v) is 4.19. The van der Waals surface area contributed by atoms with E-state index in [4.69, 9.17) is 16.3 Å². The largest absolute Gasteiger partial charge is 0.447 e. The highest BCUT2D eigenvalue weighted by atomic mass is 16.9. The molecule has 1 atom stereocenters. The number of hydrazone groups is 1. The van der Waals surface area contributed by atoms with Crippen LogP contribution in [0.3, 0.4) is 0 Å². The van der Waals surface area contributed by atoms with Crippen LogP contribution in [0.4, 0.5) is 4.79 Å². The monoisotopic (exact) mass is 584 g/mol. The number of benzene rings is 2. The topological polar surface area (TPSA) is 167 Å². The van der Waals surface area contributed by atoms with Gasteiger partial charge < -0.3 is 20.2 Å². The number of amides is 2. The third kappa shape index (κ3) is 11.0. The number of carbonyl (C=O) groups is 2. The molecule has 0 bridgehead atoms. The van der Waals surface area contributed by atoms with E-state index in [9.17, 15) is 19.7 Å². The molecular weight excluding hydrogens is 540 g/mol. The lowest BCUT2D eigenvalue weighted by molar-refractivity contribution is -0.757. The van der Waals surface area contributed by atoms with Crippen molar-refractivity contribution in [1.82, 2.24) is 10.0 Å². The number of carbonyl (C=O) groups excluding carboxylic acids is 2. The van der Waals surface area contributed by atoms with Gasteiger partial charge in [-0.1, -0.05) is 75.7 Å². The minimum atomic E-state index is -0.880. The van der Waals surface area contributed by atoms with E-state index in [1.165, 1.54) is 0 Å². The molecule has 0 saturated heterocycles. The Kier molecular flexibility index (Phi) is 14.2. The first-order chi connectivity index (χ1) is 20.0.